The molecule has 0 aromatic heterocycles. The second-order valence-corrected chi connectivity index (χ2v) is 3.74. The lowest BCUT2D eigenvalue weighted by atomic mass is 10.1. The number of carbonyl (C=O) groups is 2. The number of unbranched alkanes of at least 4 members (excludes halogenated alkanes) is 5. The van der Waals surface area contributed by atoms with Gasteiger partial charge in [-0.3, -0.25) is 9.59 Å². The van der Waals surface area contributed by atoms with Crippen LogP contribution in [0.2, 0.25) is 0 Å². The fraction of sp³-hybridized carbons (Fsp3) is 0.800. The Bertz CT molecular complexity index is 194. The average molecular weight is 228 g/mol. The van der Waals surface area contributed by atoms with Gasteiger partial charge in [0.1, 0.15) is 0 Å². The lowest BCUT2D eigenvalue weighted by Crippen LogP contribution is -2.00. The third kappa shape index (κ3) is 11.4. The largest absolute Gasteiger partial charge is 0.855 e. The van der Waals surface area contributed by atoms with Crippen LogP contribution in [0.3, 0.4) is 0 Å². The SMILES string of the molecule is O=C(O)CCCCCCCCC(=O)[O][Al-]. The van der Waals surface area contributed by atoms with Crippen molar-refractivity contribution in [1.82, 2.24) is 0 Å². The van der Waals surface area contributed by atoms with Gasteiger partial charge in [0.05, 0.1) is 0 Å². The van der Waals surface area contributed by atoms with Gasteiger partial charge in [-0.1, -0.05) is 25.7 Å². The highest BCUT2D eigenvalue weighted by Gasteiger charge is 1.97. The molecule has 0 heterocycles. The minimum absolute atomic E-state index is 0.189. The average Bonchev–Trinajstić information content (AvgIpc) is 2.21. The molecule has 0 aromatic carbocycles. The van der Waals surface area contributed by atoms with Crippen LogP contribution in [-0.2, 0) is 13.4 Å². The Balaban J connectivity index is 3.05. The third-order valence-electron chi connectivity index (χ3n) is 2.15. The second kappa shape index (κ2) is 10.0. The van der Waals surface area contributed by atoms with Gasteiger partial charge in [0, 0.05) is 12.8 Å². The molecule has 0 saturated carbocycles. The lowest BCUT2D eigenvalue weighted by Gasteiger charge is -2.12. The van der Waals surface area contributed by atoms with E-state index >= 15 is 0 Å². The van der Waals surface area contributed by atoms with Gasteiger partial charge in [-0.25, -0.2) is 16.6 Å². The molecule has 1 N–H and O–H groups in total. The van der Waals surface area contributed by atoms with Gasteiger partial charge in [-0.2, -0.15) is 0 Å². The molecule has 0 aliphatic carbocycles. The van der Waals surface area contributed by atoms with E-state index in [1.54, 1.807) is 0 Å². The van der Waals surface area contributed by atoms with E-state index in [9.17, 15) is 9.59 Å². The van der Waals surface area contributed by atoms with Gasteiger partial charge in [-0.15, -0.1) is 0 Å². The summed E-state index contributed by atoms with van der Waals surface area (Å²) >= 11 is 1.94. The molecule has 3 radical (unpaired) electrons. The Kier molecular flexibility index (Phi) is 9.65. The highest BCUT2D eigenvalue weighted by molar-refractivity contribution is 6.05. The second-order valence-electron chi connectivity index (χ2n) is 3.50. The molecule has 85 valence electrons. The maximum atomic E-state index is 10.7. The number of carboxylic acids is 1. The number of aliphatic carboxylic acids is 1. The molecule has 0 bridgehead atoms. The van der Waals surface area contributed by atoms with E-state index in [0.29, 0.717) is 6.42 Å². The van der Waals surface area contributed by atoms with Crippen LogP contribution >= 0.6 is 0 Å². The molecule has 0 saturated heterocycles. The molecule has 0 spiro atoms. The minimum atomic E-state index is -0.724. The van der Waals surface area contributed by atoms with Crippen molar-refractivity contribution in [2.75, 3.05) is 0 Å². The van der Waals surface area contributed by atoms with Gasteiger partial charge < -0.3 is 8.90 Å². The Labute approximate surface area is 98.8 Å². The van der Waals surface area contributed by atoms with Crippen molar-refractivity contribution in [1.29, 1.82) is 0 Å². The van der Waals surface area contributed by atoms with Crippen molar-refractivity contribution in [3.8, 4) is 0 Å². The van der Waals surface area contributed by atoms with Crippen LogP contribution in [0.15, 0.2) is 0 Å². The predicted octanol–water partition coefficient (Wildman–Crippen LogP) is 1.82. The normalized spacial score (nSPS) is 9.93. The van der Waals surface area contributed by atoms with Gasteiger partial charge in [-0.05, 0) is 12.8 Å². The standard InChI is InChI=1S/C10H18O4.Al/c11-9(12)7-5-3-1-2-4-6-8-10(13)14;/h1-8H2,(H,11,12)(H,13,14);/p-1. The summed E-state index contributed by atoms with van der Waals surface area (Å²) in [5.41, 5.74) is 0. The van der Waals surface area contributed by atoms with E-state index in [4.69, 9.17) is 5.11 Å². The zero-order chi connectivity index (χ0) is 11.5. The first-order valence-electron chi connectivity index (χ1n) is 5.28. The molecule has 0 amide bonds. The summed E-state index contributed by atoms with van der Waals surface area (Å²) in [5.74, 6) is -0.913. The molecular formula is C10H17AlO4-. The van der Waals surface area contributed by atoms with Crippen molar-refractivity contribution in [2.24, 2.45) is 0 Å². The molecule has 0 atom stereocenters. The summed E-state index contributed by atoms with van der Waals surface area (Å²) in [5, 5.41) is 8.39. The van der Waals surface area contributed by atoms with Gasteiger partial charge in [0.15, 0.2) is 0 Å². The third-order valence-corrected chi connectivity index (χ3v) is 2.42. The molecule has 5 heteroatoms. The molecule has 4 nitrogen and oxygen atoms in total. The fourth-order valence-corrected chi connectivity index (χ4v) is 1.43. The Hall–Kier alpha value is -0.528. The van der Waals surface area contributed by atoms with E-state index in [2.05, 4.69) is 3.79 Å². The van der Waals surface area contributed by atoms with E-state index in [-0.39, 0.29) is 12.4 Å². The highest BCUT2D eigenvalue weighted by atomic mass is 27.1. The van der Waals surface area contributed by atoms with Crippen LogP contribution in [-0.4, -0.2) is 33.7 Å². The number of hydrogen-bond donors (Lipinski definition) is 1. The van der Waals surface area contributed by atoms with Crippen molar-refractivity contribution in [3.63, 3.8) is 0 Å². The first kappa shape index (κ1) is 14.5. The van der Waals surface area contributed by atoms with Crippen molar-refractivity contribution in [3.05, 3.63) is 0 Å². The topological polar surface area (TPSA) is 63.6 Å². The zero-order valence-corrected chi connectivity index (χ0v) is 10.1. The van der Waals surface area contributed by atoms with Gasteiger partial charge in [0.2, 0.25) is 5.97 Å². The molecule has 0 unspecified atom stereocenters. The molecule has 0 aliphatic heterocycles. The van der Waals surface area contributed by atoms with Crippen molar-refractivity contribution < 1.29 is 18.5 Å². The van der Waals surface area contributed by atoms with Crippen LogP contribution < -0.4 is 0 Å². The summed E-state index contributed by atoms with van der Waals surface area (Å²) < 4.78 is 4.43. The summed E-state index contributed by atoms with van der Waals surface area (Å²) in [6.07, 6.45) is 6.41. The Morgan fingerprint density at radius 2 is 1.40 bits per heavy atom. The molecule has 15 heavy (non-hydrogen) atoms. The molecule has 0 fully saturated rings. The molecular weight excluding hydrogens is 211 g/mol. The van der Waals surface area contributed by atoms with Crippen LogP contribution in [0.1, 0.15) is 51.4 Å². The smallest absolute Gasteiger partial charge is 0.303 e. The van der Waals surface area contributed by atoms with E-state index in [1.165, 1.54) is 0 Å². The summed E-state index contributed by atoms with van der Waals surface area (Å²) in [4.78, 5) is 20.9. The van der Waals surface area contributed by atoms with E-state index in [0.717, 1.165) is 38.5 Å². The first-order valence-corrected chi connectivity index (χ1v) is 5.75. The fourth-order valence-electron chi connectivity index (χ4n) is 1.31. The van der Waals surface area contributed by atoms with Crippen molar-refractivity contribution in [2.45, 2.75) is 51.4 Å². The maximum absolute atomic E-state index is 10.7. The quantitative estimate of drug-likeness (QED) is 0.483. The van der Waals surface area contributed by atoms with Gasteiger partial charge >= 0.3 is 5.97 Å². The monoisotopic (exact) mass is 228 g/mol. The minimum Gasteiger partial charge on any atom is -0.855 e. The predicted molar refractivity (Wildman–Crippen MR) is 56.4 cm³/mol. The van der Waals surface area contributed by atoms with Gasteiger partial charge in [0.25, 0.3) is 0 Å². The summed E-state index contributed by atoms with van der Waals surface area (Å²) in [7, 11) is 0. The molecule has 0 aromatic rings. The Morgan fingerprint density at radius 1 is 0.933 bits per heavy atom. The highest BCUT2D eigenvalue weighted by Crippen LogP contribution is 2.08. The maximum Gasteiger partial charge on any atom is 0.303 e. The van der Waals surface area contributed by atoms with Crippen LogP contribution in [0.25, 0.3) is 0 Å². The number of rotatable bonds is 9. The Morgan fingerprint density at radius 3 is 1.87 bits per heavy atom. The molecule has 0 rings (SSSR count). The van der Waals surface area contributed by atoms with Crippen LogP contribution in [0, 0.1) is 0 Å². The number of carbonyl (C=O) groups excluding carboxylic acids is 1. The van der Waals surface area contributed by atoms with E-state index < -0.39 is 5.97 Å². The number of carboxylic acid groups (broad SMARTS) is 1. The lowest BCUT2D eigenvalue weighted by molar-refractivity contribution is -0.137. The summed E-state index contributed by atoms with van der Waals surface area (Å²) in [6.45, 7) is 0. The van der Waals surface area contributed by atoms with Crippen molar-refractivity contribution >= 4 is 28.6 Å². The van der Waals surface area contributed by atoms with Crippen LogP contribution in [0.5, 0.6) is 0 Å². The summed E-state index contributed by atoms with van der Waals surface area (Å²) in [6, 6.07) is 0. The van der Waals surface area contributed by atoms with Crippen LogP contribution in [0.4, 0.5) is 0 Å². The molecule has 0 aliphatic rings. The first-order chi connectivity index (χ1) is 7.16. The van der Waals surface area contributed by atoms with E-state index in [1.807, 2.05) is 16.6 Å². The number of hydrogen-bond acceptors (Lipinski definition) is 3. The zero-order valence-electron chi connectivity index (χ0n) is 8.91.